The Morgan fingerprint density at radius 2 is 2.08 bits per heavy atom. The fourth-order valence-electron chi connectivity index (χ4n) is 3.88. The zero-order chi connectivity index (χ0) is 16.4. The first kappa shape index (κ1) is 15.8. The minimum Gasteiger partial charge on any atom is -0.332 e. The van der Waals surface area contributed by atoms with E-state index in [0.29, 0.717) is 12.5 Å². The molecule has 2 aliphatic heterocycles. The lowest BCUT2D eigenvalue weighted by molar-refractivity contribution is 0.0700. The summed E-state index contributed by atoms with van der Waals surface area (Å²) in [5.74, 6) is 0.585. The third-order valence-electron chi connectivity index (χ3n) is 5.09. The molecule has 0 saturated carbocycles. The van der Waals surface area contributed by atoms with E-state index >= 15 is 0 Å². The standard InChI is InChI=1S/C18H24N4OS/c23-18(16-5-9-24-14-16)21-11-15(10-20-7-2-1-3-8-20)12-22-17(13-21)4-6-19-22/h4-6,9,14-15H,1-3,7-8,10-13H2/t15-/m1/s1. The Morgan fingerprint density at radius 3 is 2.88 bits per heavy atom. The van der Waals surface area contributed by atoms with Crippen LogP contribution in [0.1, 0.15) is 35.3 Å². The number of piperidine rings is 1. The number of rotatable bonds is 3. The van der Waals surface area contributed by atoms with Gasteiger partial charge in [-0.1, -0.05) is 6.42 Å². The number of carbonyl (C=O) groups excluding carboxylic acids is 1. The van der Waals surface area contributed by atoms with Gasteiger partial charge in [-0.05, 0) is 43.4 Å². The topological polar surface area (TPSA) is 41.4 Å². The molecular weight excluding hydrogens is 320 g/mol. The van der Waals surface area contributed by atoms with Crippen LogP contribution in [0.3, 0.4) is 0 Å². The van der Waals surface area contributed by atoms with Crippen molar-refractivity contribution in [3.63, 3.8) is 0 Å². The second-order valence-electron chi connectivity index (χ2n) is 6.93. The molecule has 1 fully saturated rings. The molecule has 0 spiro atoms. The highest BCUT2D eigenvalue weighted by Crippen LogP contribution is 2.21. The summed E-state index contributed by atoms with van der Waals surface area (Å²) in [4.78, 5) is 17.4. The fourth-order valence-corrected chi connectivity index (χ4v) is 4.51. The predicted octanol–water partition coefficient (Wildman–Crippen LogP) is 2.70. The first-order valence-corrected chi connectivity index (χ1v) is 9.78. The summed E-state index contributed by atoms with van der Waals surface area (Å²) < 4.78 is 2.09. The van der Waals surface area contributed by atoms with E-state index in [-0.39, 0.29) is 5.91 Å². The van der Waals surface area contributed by atoms with Gasteiger partial charge in [0.2, 0.25) is 0 Å². The summed E-state index contributed by atoms with van der Waals surface area (Å²) >= 11 is 1.58. The predicted molar refractivity (Wildman–Crippen MR) is 95.1 cm³/mol. The number of hydrogen-bond acceptors (Lipinski definition) is 4. The molecule has 0 aromatic carbocycles. The van der Waals surface area contributed by atoms with Gasteiger partial charge in [-0.25, -0.2) is 0 Å². The molecule has 5 nitrogen and oxygen atoms in total. The Balaban J connectivity index is 1.53. The number of nitrogens with zero attached hydrogens (tertiary/aromatic N) is 4. The summed E-state index contributed by atoms with van der Waals surface area (Å²) in [5.41, 5.74) is 1.95. The molecule has 0 unspecified atom stereocenters. The second-order valence-corrected chi connectivity index (χ2v) is 7.71. The van der Waals surface area contributed by atoms with Crippen molar-refractivity contribution in [2.24, 2.45) is 5.92 Å². The first-order valence-electron chi connectivity index (χ1n) is 8.84. The van der Waals surface area contributed by atoms with Crippen molar-refractivity contribution in [2.75, 3.05) is 26.2 Å². The van der Waals surface area contributed by atoms with Gasteiger partial charge in [0, 0.05) is 37.1 Å². The SMILES string of the molecule is O=C(c1ccsc1)N1Cc2ccnn2C[C@H](CN2CCCCC2)C1. The van der Waals surface area contributed by atoms with Crippen molar-refractivity contribution >= 4 is 17.2 Å². The molecule has 0 radical (unpaired) electrons. The highest BCUT2D eigenvalue weighted by Gasteiger charge is 2.28. The van der Waals surface area contributed by atoms with Crippen molar-refractivity contribution in [1.82, 2.24) is 19.6 Å². The first-order chi connectivity index (χ1) is 11.8. The van der Waals surface area contributed by atoms with E-state index in [1.165, 1.54) is 32.4 Å². The number of likely N-dealkylation sites (tertiary alicyclic amines) is 1. The lowest BCUT2D eigenvalue weighted by atomic mass is 10.1. The van der Waals surface area contributed by atoms with Crippen LogP contribution in [0.25, 0.3) is 0 Å². The molecule has 1 atom stereocenters. The Labute approximate surface area is 146 Å². The van der Waals surface area contributed by atoms with Crippen molar-refractivity contribution in [1.29, 1.82) is 0 Å². The maximum absolute atomic E-state index is 12.9. The normalized spacial score (nSPS) is 22.2. The van der Waals surface area contributed by atoms with E-state index < -0.39 is 0 Å². The van der Waals surface area contributed by atoms with Crippen LogP contribution in [0.4, 0.5) is 0 Å². The van der Waals surface area contributed by atoms with Crippen LogP contribution in [0.2, 0.25) is 0 Å². The van der Waals surface area contributed by atoms with E-state index in [4.69, 9.17) is 0 Å². The van der Waals surface area contributed by atoms with Crippen LogP contribution in [0.15, 0.2) is 29.1 Å². The van der Waals surface area contributed by atoms with E-state index in [1.54, 1.807) is 11.3 Å². The number of amides is 1. The smallest absolute Gasteiger partial charge is 0.255 e. The molecule has 0 bridgehead atoms. The Kier molecular flexibility index (Phi) is 4.67. The lowest BCUT2D eigenvalue weighted by Crippen LogP contribution is -2.40. The van der Waals surface area contributed by atoms with Crippen LogP contribution < -0.4 is 0 Å². The maximum Gasteiger partial charge on any atom is 0.255 e. The molecule has 1 saturated heterocycles. The number of carbonyl (C=O) groups is 1. The minimum absolute atomic E-state index is 0.148. The number of fused-ring (bicyclic) bond motifs is 1. The van der Waals surface area contributed by atoms with Crippen molar-refractivity contribution in [2.45, 2.75) is 32.4 Å². The maximum atomic E-state index is 12.9. The van der Waals surface area contributed by atoms with Crippen LogP contribution in [0.5, 0.6) is 0 Å². The average Bonchev–Trinajstić information content (AvgIpc) is 3.24. The van der Waals surface area contributed by atoms with Gasteiger partial charge in [0.25, 0.3) is 5.91 Å². The highest BCUT2D eigenvalue weighted by molar-refractivity contribution is 7.08. The molecule has 128 valence electrons. The van der Waals surface area contributed by atoms with Gasteiger partial charge < -0.3 is 9.80 Å². The molecule has 1 amide bonds. The minimum atomic E-state index is 0.148. The number of thiophene rings is 1. The van der Waals surface area contributed by atoms with E-state index in [9.17, 15) is 4.79 Å². The summed E-state index contributed by atoms with van der Waals surface area (Å²) in [6.07, 6.45) is 5.81. The van der Waals surface area contributed by atoms with Gasteiger partial charge >= 0.3 is 0 Å². The molecule has 2 aliphatic rings. The van der Waals surface area contributed by atoms with Crippen molar-refractivity contribution in [3.8, 4) is 0 Å². The molecular formula is C18H24N4OS. The quantitative estimate of drug-likeness (QED) is 0.860. The Bertz CT molecular complexity index is 675. The van der Waals surface area contributed by atoms with E-state index in [0.717, 1.165) is 30.9 Å². The third-order valence-corrected chi connectivity index (χ3v) is 5.77. The van der Waals surface area contributed by atoms with Crippen LogP contribution >= 0.6 is 11.3 Å². The molecule has 0 N–H and O–H groups in total. The number of hydrogen-bond donors (Lipinski definition) is 0. The van der Waals surface area contributed by atoms with Crippen LogP contribution in [0, 0.1) is 5.92 Å². The molecule has 2 aromatic rings. The Morgan fingerprint density at radius 1 is 1.21 bits per heavy atom. The van der Waals surface area contributed by atoms with Crippen LogP contribution in [-0.4, -0.2) is 51.7 Å². The largest absolute Gasteiger partial charge is 0.332 e. The molecule has 2 aromatic heterocycles. The lowest BCUT2D eigenvalue weighted by Gasteiger charge is -2.31. The summed E-state index contributed by atoms with van der Waals surface area (Å²) in [7, 11) is 0. The Hall–Kier alpha value is -1.66. The summed E-state index contributed by atoms with van der Waals surface area (Å²) in [6, 6.07) is 3.96. The van der Waals surface area contributed by atoms with Gasteiger partial charge in [-0.2, -0.15) is 16.4 Å². The van der Waals surface area contributed by atoms with Gasteiger partial charge in [0.1, 0.15) is 0 Å². The fraction of sp³-hybridized carbons (Fsp3) is 0.556. The molecule has 4 rings (SSSR count). The second kappa shape index (κ2) is 7.07. The van der Waals surface area contributed by atoms with Crippen molar-refractivity contribution < 1.29 is 4.79 Å². The third kappa shape index (κ3) is 3.39. The monoisotopic (exact) mass is 344 g/mol. The van der Waals surface area contributed by atoms with Crippen LogP contribution in [-0.2, 0) is 13.1 Å². The van der Waals surface area contributed by atoms with E-state index in [2.05, 4.69) is 14.7 Å². The summed E-state index contributed by atoms with van der Waals surface area (Å²) in [6.45, 7) is 5.83. The van der Waals surface area contributed by atoms with Crippen molar-refractivity contribution in [3.05, 3.63) is 40.3 Å². The van der Waals surface area contributed by atoms with Gasteiger partial charge in [-0.3, -0.25) is 9.48 Å². The molecule has 24 heavy (non-hydrogen) atoms. The number of aromatic nitrogens is 2. The zero-order valence-electron chi connectivity index (χ0n) is 13.9. The molecule has 6 heteroatoms. The average molecular weight is 344 g/mol. The molecule has 0 aliphatic carbocycles. The van der Waals surface area contributed by atoms with Gasteiger partial charge in [0.05, 0.1) is 17.8 Å². The van der Waals surface area contributed by atoms with Gasteiger partial charge in [-0.15, -0.1) is 0 Å². The highest BCUT2D eigenvalue weighted by atomic mass is 32.1. The summed E-state index contributed by atoms with van der Waals surface area (Å²) in [5, 5.41) is 8.40. The molecule has 4 heterocycles. The van der Waals surface area contributed by atoms with E-state index in [1.807, 2.05) is 34.0 Å². The van der Waals surface area contributed by atoms with Gasteiger partial charge in [0.15, 0.2) is 0 Å². The zero-order valence-corrected chi connectivity index (χ0v) is 14.7.